The van der Waals surface area contributed by atoms with Gasteiger partial charge in [0.1, 0.15) is 0 Å². The molecule has 0 aliphatic carbocycles. The number of hydrogen-bond donors (Lipinski definition) is 1. The number of allylic oxidation sites excluding steroid dienone is 3. The summed E-state index contributed by atoms with van der Waals surface area (Å²) in [6.45, 7) is 7.90. The van der Waals surface area contributed by atoms with Gasteiger partial charge in [0.2, 0.25) is 0 Å². The maximum Gasteiger partial charge on any atom is 0.336 e. The van der Waals surface area contributed by atoms with E-state index in [9.17, 15) is 10.1 Å². The van der Waals surface area contributed by atoms with Crippen molar-refractivity contribution in [3.63, 3.8) is 0 Å². The highest BCUT2D eigenvalue weighted by Gasteiger charge is 2.35. The van der Waals surface area contributed by atoms with Gasteiger partial charge in [0.05, 0.1) is 29.7 Å². The standard InChI is InChI=1S/C19H23N3O2/c1-5-8-16-18(19(23)24-6-2)17(15(11-20)13(4)22-16)14-9-7-10-21-12(14)3/h7,9-10,17,22H,5-6,8H2,1-4H3. The van der Waals surface area contributed by atoms with Crippen LogP contribution >= 0.6 is 0 Å². The van der Waals surface area contributed by atoms with Crippen molar-refractivity contribution in [3.8, 4) is 6.07 Å². The number of aryl methyl sites for hydroxylation is 1. The Kier molecular flexibility index (Phi) is 5.75. The van der Waals surface area contributed by atoms with Gasteiger partial charge < -0.3 is 10.1 Å². The number of pyridine rings is 1. The first-order valence-electron chi connectivity index (χ1n) is 8.24. The molecule has 0 aromatic carbocycles. The largest absolute Gasteiger partial charge is 0.463 e. The molecule has 1 unspecified atom stereocenters. The Morgan fingerprint density at radius 1 is 1.42 bits per heavy atom. The van der Waals surface area contributed by atoms with Gasteiger partial charge in [-0.15, -0.1) is 0 Å². The molecule has 2 rings (SSSR count). The minimum atomic E-state index is -0.439. The van der Waals surface area contributed by atoms with Gasteiger partial charge in [0, 0.05) is 23.3 Å². The molecule has 0 fully saturated rings. The van der Waals surface area contributed by atoms with Gasteiger partial charge in [-0.05, 0) is 38.8 Å². The van der Waals surface area contributed by atoms with Crippen LogP contribution < -0.4 is 5.32 Å². The van der Waals surface area contributed by atoms with Crippen LogP contribution in [-0.2, 0) is 9.53 Å². The van der Waals surface area contributed by atoms with Gasteiger partial charge in [-0.3, -0.25) is 4.98 Å². The Balaban J connectivity index is 2.69. The smallest absolute Gasteiger partial charge is 0.336 e. The summed E-state index contributed by atoms with van der Waals surface area (Å²) in [5, 5.41) is 12.9. The first-order chi connectivity index (χ1) is 11.5. The Hall–Kier alpha value is -2.61. The van der Waals surface area contributed by atoms with Crippen molar-refractivity contribution in [2.75, 3.05) is 6.61 Å². The number of ether oxygens (including phenoxy) is 1. The molecule has 1 aromatic heterocycles. The second-order valence-corrected chi connectivity index (χ2v) is 5.75. The lowest BCUT2D eigenvalue weighted by atomic mass is 9.79. The maximum absolute atomic E-state index is 12.7. The molecule has 24 heavy (non-hydrogen) atoms. The summed E-state index contributed by atoms with van der Waals surface area (Å²) >= 11 is 0. The van der Waals surface area contributed by atoms with Gasteiger partial charge in [-0.2, -0.15) is 5.26 Å². The number of rotatable bonds is 5. The molecule has 0 amide bonds. The van der Waals surface area contributed by atoms with Crippen LogP contribution in [0.5, 0.6) is 0 Å². The Bertz CT molecular complexity index is 741. The van der Waals surface area contributed by atoms with Crippen molar-refractivity contribution in [3.05, 3.63) is 52.1 Å². The number of hydrogen-bond acceptors (Lipinski definition) is 5. The highest BCUT2D eigenvalue weighted by Crippen LogP contribution is 2.40. The molecular formula is C19H23N3O2. The van der Waals surface area contributed by atoms with Gasteiger partial charge in [-0.25, -0.2) is 4.79 Å². The molecule has 1 N–H and O–H groups in total. The van der Waals surface area contributed by atoms with Crippen LogP contribution in [0.25, 0.3) is 0 Å². The summed E-state index contributed by atoms with van der Waals surface area (Å²) in [5.74, 6) is -0.812. The molecule has 1 aliphatic heterocycles. The second kappa shape index (κ2) is 7.78. The van der Waals surface area contributed by atoms with Crippen LogP contribution in [0.15, 0.2) is 40.9 Å². The third kappa shape index (κ3) is 3.33. The predicted octanol–water partition coefficient (Wildman–Crippen LogP) is 3.49. The van der Waals surface area contributed by atoms with E-state index in [0.717, 1.165) is 35.5 Å². The predicted molar refractivity (Wildman–Crippen MR) is 91.7 cm³/mol. The van der Waals surface area contributed by atoms with Crippen molar-refractivity contribution < 1.29 is 9.53 Å². The number of aromatic nitrogens is 1. The van der Waals surface area contributed by atoms with Gasteiger partial charge in [0.15, 0.2) is 0 Å². The molecule has 1 atom stereocenters. The molecule has 126 valence electrons. The highest BCUT2D eigenvalue weighted by atomic mass is 16.5. The third-order valence-electron chi connectivity index (χ3n) is 4.12. The van der Waals surface area contributed by atoms with E-state index in [1.54, 1.807) is 13.1 Å². The normalized spacial score (nSPS) is 17.4. The summed E-state index contributed by atoms with van der Waals surface area (Å²) in [7, 11) is 0. The molecule has 2 heterocycles. The zero-order valence-electron chi connectivity index (χ0n) is 14.6. The molecule has 0 saturated heterocycles. The third-order valence-corrected chi connectivity index (χ3v) is 4.12. The molecule has 0 spiro atoms. The maximum atomic E-state index is 12.7. The molecule has 0 bridgehead atoms. The van der Waals surface area contributed by atoms with Gasteiger partial charge in [0.25, 0.3) is 0 Å². The van der Waals surface area contributed by atoms with Crippen LogP contribution in [0.4, 0.5) is 0 Å². The summed E-state index contributed by atoms with van der Waals surface area (Å²) < 4.78 is 5.29. The van der Waals surface area contributed by atoms with Crippen molar-refractivity contribution in [2.45, 2.75) is 46.5 Å². The second-order valence-electron chi connectivity index (χ2n) is 5.75. The minimum absolute atomic E-state index is 0.297. The van der Waals surface area contributed by atoms with Crippen molar-refractivity contribution >= 4 is 5.97 Å². The first kappa shape index (κ1) is 17.7. The quantitative estimate of drug-likeness (QED) is 0.839. The molecule has 1 aromatic rings. The van der Waals surface area contributed by atoms with Crippen LogP contribution in [0, 0.1) is 18.3 Å². The Morgan fingerprint density at radius 2 is 2.17 bits per heavy atom. The minimum Gasteiger partial charge on any atom is -0.463 e. The zero-order chi connectivity index (χ0) is 17.7. The summed E-state index contributed by atoms with van der Waals surface area (Å²) in [4.78, 5) is 17.0. The molecule has 5 nitrogen and oxygen atoms in total. The molecule has 0 radical (unpaired) electrons. The zero-order valence-corrected chi connectivity index (χ0v) is 14.6. The van der Waals surface area contributed by atoms with Crippen molar-refractivity contribution in [2.24, 2.45) is 0 Å². The lowest BCUT2D eigenvalue weighted by Gasteiger charge is -2.30. The molecule has 0 saturated carbocycles. The fraction of sp³-hybridized carbons (Fsp3) is 0.421. The molecule has 1 aliphatic rings. The average Bonchev–Trinajstić information content (AvgIpc) is 2.55. The van der Waals surface area contributed by atoms with E-state index in [0.29, 0.717) is 17.8 Å². The SMILES string of the molecule is CCCC1=C(C(=O)OCC)C(c2cccnc2C)C(C#N)=C(C)N1. The van der Waals surface area contributed by atoms with Gasteiger partial charge >= 0.3 is 5.97 Å². The van der Waals surface area contributed by atoms with E-state index in [1.807, 2.05) is 26.0 Å². The van der Waals surface area contributed by atoms with E-state index < -0.39 is 5.92 Å². The van der Waals surface area contributed by atoms with E-state index >= 15 is 0 Å². The highest BCUT2D eigenvalue weighted by molar-refractivity contribution is 5.93. The van der Waals surface area contributed by atoms with Crippen LogP contribution in [0.1, 0.15) is 50.8 Å². The van der Waals surface area contributed by atoms with Crippen molar-refractivity contribution in [1.82, 2.24) is 10.3 Å². The van der Waals surface area contributed by atoms with E-state index in [2.05, 4.69) is 23.3 Å². The van der Waals surface area contributed by atoms with E-state index in [4.69, 9.17) is 4.74 Å². The number of carbonyl (C=O) groups excluding carboxylic acids is 1. The number of dihydropyridines is 1. The summed E-state index contributed by atoms with van der Waals surface area (Å²) in [6.07, 6.45) is 3.32. The van der Waals surface area contributed by atoms with Gasteiger partial charge in [-0.1, -0.05) is 19.4 Å². The van der Waals surface area contributed by atoms with Crippen molar-refractivity contribution in [1.29, 1.82) is 5.26 Å². The fourth-order valence-corrected chi connectivity index (χ4v) is 3.05. The van der Waals surface area contributed by atoms with Crippen LogP contribution in [-0.4, -0.2) is 17.6 Å². The Labute approximate surface area is 143 Å². The number of carbonyl (C=O) groups is 1. The first-order valence-corrected chi connectivity index (χ1v) is 8.24. The van der Waals surface area contributed by atoms with Crippen LogP contribution in [0.3, 0.4) is 0 Å². The number of nitrogens with zero attached hydrogens (tertiary/aromatic N) is 2. The summed E-state index contributed by atoms with van der Waals surface area (Å²) in [6, 6.07) is 6.02. The van der Waals surface area contributed by atoms with Crippen LogP contribution in [0.2, 0.25) is 0 Å². The number of nitrogens with one attached hydrogen (secondary N) is 1. The molecular weight excluding hydrogens is 302 g/mol. The summed E-state index contributed by atoms with van der Waals surface area (Å²) in [5.41, 5.74) is 4.35. The monoisotopic (exact) mass is 325 g/mol. The average molecular weight is 325 g/mol. The molecule has 5 heteroatoms. The number of nitriles is 1. The lowest BCUT2D eigenvalue weighted by Crippen LogP contribution is -2.30. The van der Waals surface area contributed by atoms with E-state index in [1.165, 1.54) is 0 Å². The van der Waals surface area contributed by atoms with E-state index in [-0.39, 0.29) is 5.97 Å². The Morgan fingerprint density at radius 3 is 2.75 bits per heavy atom. The number of esters is 1. The topological polar surface area (TPSA) is 75.0 Å². The fourth-order valence-electron chi connectivity index (χ4n) is 3.05. The lowest BCUT2D eigenvalue weighted by molar-refractivity contribution is -0.138.